The van der Waals surface area contributed by atoms with Crippen molar-refractivity contribution in [3.8, 4) is 0 Å². The Hall–Kier alpha value is -1.68. The molecule has 0 fully saturated rings. The molecule has 0 aliphatic carbocycles. The van der Waals surface area contributed by atoms with Gasteiger partial charge in [0.15, 0.2) is 0 Å². The van der Waals surface area contributed by atoms with E-state index in [1.165, 1.54) is 0 Å². The van der Waals surface area contributed by atoms with Gasteiger partial charge in [-0.05, 0) is 38.2 Å². The normalized spacial score (nSPS) is 11.7. The van der Waals surface area contributed by atoms with Crippen LogP contribution in [0, 0.1) is 0 Å². The summed E-state index contributed by atoms with van der Waals surface area (Å²) in [6.07, 6.45) is 0. The Kier molecular flexibility index (Phi) is 4.00. The maximum Gasteiger partial charge on any atom is 0.252 e. The van der Waals surface area contributed by atoms with Gasteiger partial charge in [0.05, 0.1) is 0 Å². The average Bonchev–Trinajstić information content (AvgIpc) is 2.36. The predicted octanol–water partition coefficient (Wildman–Crippen LogP) is 2.08. The van der Waals surface area contributed by atoms with E-state index < -0.39 is 0 Å². The van der Waals surface area contributed by atoms with Crippen LogP contribution in [0.1, 0.15) is 25.5 Å². The zero-order valence-electron chi connectivity index (χ0n) is 12.1. The topological polar surface area (TPSA) is 38.1 Å². The molecule has 0 radical (unpaired) electrons. The highest BCUT2D eigenvalue weighted by Crippen LogP contribution is 2.16. The van der Waals surface area contributed by atoms with Gasteiger partial charge in [-0.3, -0.25) is 9.36 Å². The molecule has 2 aromatic rings. The first kappa shape index (κ1) is 13.7. The quantitative estimate of drug-likeness (QED) is 0.843. The lowest BCUT2D eigenvalue weighted by molar-refractivity contribution is 0.383. The highest BCUT2D eigenvalue weighted by Gasteiger charge is 2.08. The molecule has 0 atom stereocenters. The standard InChI is InChI=1S/C15H21N3O/c1-11(2)13-7-5-12-6-8-14(19)18(15(12)16-13)10-9-17(3)4/h5-8,11H,9-10H2,1-4H3. The molecule has 0 bridgehead atoms. The fraction of sp³-hybridized carbons (Fsp3) is 0.467. The summed E-state index contributed by atoms with van der Waals surface area (Å²) in [5, 5.41) is 1.02. The number of rotatable bonds is 4. The van der Waals surface area contributed by atoms with Crippen LogP contribution in [0.25, 0.3) is 11.0 Å². The van der Waals surface area contributed by atoms with E-state index in [0.29, 0.717) is 12.5 Å². The molecule has 0 aliphatic heterocycles. The number of likely N-dealkylation sites (N-methyl/N-ethyl adjacent to an activating group) is 1. The summed E-state index contributed by atoms with van der Waals surface area (Å²) in [5.74, 6) is 0.363. The molecule has 2 heterocycles. The number of hydrogen-bond acceptors (Lipinski definition) is 3. The molecule has 0 N–H and O–H groups in total. The molecule has 4 nitrogen and oxygen atoms in total. The zero-order valence-corrected chi connectivity index (χ0v) is 12.1. The summed E-state index contributed by atoms with van der Waals surface area (Å²) in [7, 11) is 4.01. The Balaban J connectivity index is 2.55. The van der Waals surface area contributed by atoms with Gasteiger partial charge in [0.1, 0.15) is 5.65 Å². The van der Waals surface area contributed by atoms with Crippen LogP contribution >= 0.6 is 0 Å². The van der Waals surface area contributed by atoms with Gasteiger partial charge >= 0.3 is 0 Å². The predicted molar refractivity (Wildman–Crippen MR) is 78.6 cm³/mol. The Morgan fingerprint density at radius 1 is 1.21 bits per heavy atom. The van der Waals surface area contributed by atoms with Gasteiger partial charge in [-0.25, -0.2) is 4.98 Å². The van der Waals surface area contributed by atoms with Gasteiger partial charge in [-0.1, -0.05) is 13.8 Å². The molecule has 0 aliphatic rings. The van der Waals surface area contributed by atoms with Crippen molar-refractivity contribution in [2.45, 2.75) is 26.3 Å². The van der Waals surface area contributed by atoms with Crippen molar-refractivity contribution >= 4 is 11.0 Å². The van der Waals surface area contributed by atoms with Gasteiger partial charge in [-0.2, -0.15) is 0 Å². The third kappa shape index (κ3) is 3.01. The summed E-state index contributed by atoms with van der Waals surface area (Å²) >= 11 is 0. The van der Waals surface area contributed by atoms with E-state index in [2.05, 4.69) is 23.7 Å². The van der Waals surface area contributed by atoms with Crippen molar-refractivity contribution in [3.05, 3.63) is 40.3 Å². The van der Waals surface area contributed by atoms with Crippen LogP contribution in [0.4, 0.5) is 0 Å². The first-order valence-electron chi connectivity index (χ1n) is 6.64. The third-order valence-electron chi connectivity index (χ3n) is 3.22. The van der Waals surface area contributed by atoms with Crippen molar-refractivity contribution in [2.24, 2.45) is 0 Å². The number of nitrogens with zero attached hydrogens (tertiary/aromatic N) is 3. The first-order chi connectivity index (χ1) is 8.99. The van der Waals surface area contributed by atoms with Crippen LogP contribution in [-0.2, 0) is 6.54 Å². The van der Waals surface area contributed by atoms with E-state index in [1.807, 2.05) is 32.3 Å². The van der Waals surface area contributed by atoms with Crippen LogP contribution in [0.2, 0.25) is 0 Å². The molecular weight excluding hydrogens is 238 g/mol. The largest absolute Gasteiger partial charge is 0.308 e. The van der Waals surface area contributed by atoms with Gasteiger partial charge in [0.2, 0.25) is 0 Å². The maximum atomic E-state index is 12.0. The number of hydrogen-bond donors (Lipinski definition) is 0. The van der Waals surface area contributed by atoms with Crippen molar-refractivity contribution in [1.82, 2.24) is 14.5 Å². The number of pyridine rings is 2. The summed E-state index contributed by atoms with van der Waals surface area (Å²) in [6.45, 7) is 5.71. The van der Waals surface area contributed by atoms with Crippen LogP contribution in [0.15, 0.2) is 29.1 Å². The van der Waals surface area contributed by atoms with Crippen LogP contribution in [0.3, 0.4) is 0 Å². The SMILES string of the molecule is CC(C)c1ccc2ccc(=O)n(CCN(C)C)c2n1. The molecule has 0 saturated heterocycles. The Morgan fingerprint density at radius 3 is 2.53 bits per heavy atom. The Morgan fingerprint density at radius 2 is 1.89 bits per heavy atom. The lowest BCUT2D eigenvalue weighted by atomic mass is 10.1. The van der Waals surface area contributed by atoms with Crippen LogP contribution < -0.4 is 5.56 Å². The maximum absolute atomic E-state index is 12.0. The molecule has 102 valence electrons. The minimum absolute atomic E-state index is 0.0164. The average molecular weight is 259 g/mol. The molecule has 19 heavy (non-hydrogen) atoms. The van der Waals surface area contributed by atoms with Crippen molar-refractivity contribution < 1.29 is 0 Å². The van der Waals surface area contributed by atoms with Gasteiger partial charge in [0, 0.05) is 30.2 Å². The number of fused-ring (bicyclic) bond motifs is 1. The van der Waals surface area contributed by atoms with Crippen LogP contribution in [-0.4, -0.2) is 35.1 Å². The third-order valence-corrected chi connectivity index (χ3v) is 3.22. The van der Waals surface area contributed by atoms with E-state index in [4.69, 9.17) is 0 Å². The zero-order chi connectivity index (χ0) is 14.0. The van der Waals surface area contributed by atoms with Crippen molar-refractivity contribution in [3.63, 3.8) is 0 Å². The lowest BCUT2D eigenvalue weighted by Crippen LogP contribution is -2.26. The summed E-state index contributed by atoms with van der Waals surface area (Å²) in [6, 6.07) is 7.55. The van der Waals surface area contributed by atoms with E-state index in [-0.39, 0.29) is 5.56 Å². The number of aromatic nitrogens is 2. The second kappa shape index (κ2) is 5.53. The van der Waals surface area contributed by atoms with Crippen molar-refractivity contribution in [1.29, 1.82) is 0 Å². The molecule has 0 aromatic carbocycles. The minimum Gasteiger partial charge on any atom is -0.308 e. The molecule has 2 aromatic heterocycles. The fourth-order valence-corrected chi connectivity index (χ4v) is 2.01. The van der Waals surface area contributed by atoms with E-state index >= 15 is 0 Å². The monoisotopic (exact) mass is 259 g/mol. The Labute approximate surface area is 113 Å². The lowest BCUT2D eigenvalue weighted by Gasteiger charge is -2.14. The fourth-order valence-electron chi connectivity index (χ4n) is 2.01. The minimum atomic E-state index is 0.0164. The van der Waals surface area contributed by atoms with E-state index in [9.17, 15) is 4.79 Å². The van der Waals surface area contributed by atoms with Crippen molar-refractivity contribution in [2.75, 3.05) is 20.6 Å². The highest BCUT2D eigenvalue weighted by atomic mass is 16.1. The van der Waals surface area contributed by atoms with E-state index in [1.54, 1.807) is 10.6 Å². The smallest absolute Gasteiger partial charge is 0.252 e. The summed E-state index contributed by atoms with van der Waals surface area (Å²) < 4.78 is 1.77. The van der Waals surface area contributed by atoms with Gasteiger partial charge < -0.3 is 4.90 Å². The van der Waals surface area contributed by atoms with Crippen LogP contribution in [0.5, 0.6) is 0 Å². The Bertz CT molecular complexity index is 629. The van der Waals surface area contributed by atoms with E-state index in [0.717, 1.165) is 23.3 Å². The second-order valence-corrected chi connectivity index (χ2v) is 5.43. The molecule has 0 spiro atoms. The first-order valence-corrected chi connectivity index (χ1v) is 6.64. The summed E-state index contributed by atoms with van der Waals surface area (Å²) in [5.41, 5.74) is 1.83. The molecule has 0 unspecified atom stereocenters. The van der Waals surface area contributed by atoms with Gasteiger partial charge in [0.25, 0.3) is 5.56 Å². The molecule has 4 heteroatoms. The molecule has 2 rings (SSSR count). The molecule has 0 saturated carbocycles. The highest BCUT2D eigenvalue weighted by molar-refractivity contribution is 5.75. The molecule has 0 amide bonds. The second-order valence-electron chi connectivity index (χ2n) is 5.43. The molecular formula is C15H21N3O. The summed E-state index contributed by atoms with van der Waals surface area (Å²) in [4.78, 5) is 18.8. The van der Waals surface area contributed by atoms with Gasteiger partial charge in [-0.15, -0.1) is 0 Å².